The van der Waals surface area contributed by atoms with E-state index in [-0.39, 0.29) is 5.92 Å². The summed E-state index contributed by atoms with van der Waals surface area (Å²) in [6.07, 6.45) is 2.61. The second-order valence-corrected chi connectivity index (χ2v) is 4.53. The van der Waals surface area contributed by atoms with Gasteiger partial charge in [-0.2, -0.15) is 0 Å². The minimum Gasteiger partial charge on any atom is -0.299 e. The molecule has 0 saturated carbocycles. The average molecular weight is 208 g/mol. The molecule has 1 aromatic rings. The fraction of sp³-hybridized carbons (Fsp3) is 0.417. The van der Waals surface area contributed by atoms with Crippen molar-refractivity contribution in [2.45, 2.75) is 25.2 Å². The second kappa shape index (κ2) is 5.20. The van der Waals surface area contributed by atoms with E-state index in [9.17, 15) is 4.79 Å². The molecule has 0 amide bonds. The molecule has 0 aromatic heterocycles. The molecular formula is C12H16OS. The van der Waals surface area contributed by atoms with Gasteiger partial charge in [-0.25, -0.2) is 0 Å². The van der Waals surface area contributed by atoms with E-state index in [1.54, 1.807) is 11.8 Å². The minimum atomic E-state index is 0.134. The fourth-order valence-electron chi connectivity index (χ4n) is 1.15. The molecule has 2 heteroatoms. The monoisotopic (exact) mass is 208 g/mol. The van der Waals surface area contributed by atoms with Crippen molar-refractivity contribution in [2.24, 2.45) is 5.92 Å². The fourth-order valence-corrected chi connectivity index (χ4v) is 1.56. The summed E-state index contributed by atoms with van der Waals surface area (Å²) >= 11 is 1.72. The Labute approximate surface area is 89.9 Å². The third kappa shape index (κ3) is 3.18. The summed E-state index contributed by atoms with van der Waals surface area (Å²) in [4.78, 5) is 12.7. The minimum absolute atomic E-state index is 0.134. The maximum atomic E-state index is 11.5. The zero-order chi connectivity index (χ0) is 10.6. The zero-order valence-electron chi connectivity index (χ0n) is 8.91. The molecule has 0 atom stereocenters. The number of carbonyl (C=O) groups is 1. The lowest BCUT2D eigenvalue weighted by molar-refractivity contribution is -0.121. The first kappa shape index (κ1) is 11.3. The quantitative estimate of drug-likeness (QED) is 0.707. The molecule has 76 valence electrons. The summed E-state index contributed by atoms with van der Waals surface area (Å²) < 4.78 is 0. The largest absolute Gasteiger partial charge is 0.299 e. The van der Waals surface area contributed by atoms with Gasteiger partial charge in [0.1, 0.15) is 5.78 Å². The van der Waals surface area contributed by atoms with E-state index >= 15 is 0 Å². The number of hydrogen-bond acceptors (Lipinski definition) is 2. The van der Waals surface area contributed by atoms with E-state index in [4.69, 9.17) is 0 Å². The number of carbonyl (C=O) groups excluding carboxylic acids is 1. The van der Waals surface area contributed by atoms with Gasteiger partial charge in [0.2, 0.25) is 0 Å². The van der Waals surface area contributed by atoms with Crippen molar-refractivity contribution in [2.75, 3.05) is 6.26 Å². The van der Waals surface area contributed by atoms with Crippen molar-refractivity contribution < 1.29 is 4.79 Å². The Bertz CT molecular complexity index is 301. The molecule has 0 aliphatic heterocycles. The molecule has 0 spiro atoms. The summed E-state index contributed by atoms with van der Waals surface area (Å²) in [5.41, 5.74) is 1.11. The topological polar surface area (TPSA) is 17.1 Å². The van der Waals surface area contributed by atoms with E-state index in [0.29, 0.717) is 12.2 Å². The third-order valence-corrected chi connectivity index (χ3v) is 2.92. The number of rotatable bonds is 4. The summed E-state index contributed by atoms with van der Waals surface area (Å²) in [5.74, 6) is 0.442. The average Bonchev–Trinajstić information content (AvgIpc) is 2.19. The van der Waals surface area contributed by atoms with Gasteiger partial charge in [-0.1, -0.05) is 26.0 Å². The standard InChI is InChI=1S/C12H16OS/c1-9(2)12(13)8-10-4-6-11(14-3)7-5-10/h4-7,9H,8H2,1-3H3. The molecule has 0 N–H and O–H groups in total. The summed E-state index contributed by atoms with van der Waals surface area (Å²) in [7, 11) is 0. The maximum absolute atomic E-state index is 11.5. The lowest BCUT2D eigenvalue weighted by Crippen LogP contribution is -2.09. The summed E-state index contributed by atoms with van der Waals surface area (Å²) in [6, 6.07) is 8.19. The van der Waals surface area contributed by atoms with Gasteiger partial charge in [0.25, 0.3) is 0 Å². The number of Topliss-reactive ketones (excluding diaryl/α,β-unsaturated/α-hetero) is 1. The van der Waals surface area contributed by atoms with Crippen molar-refractivity contribution in [3.63, 3.8) is 0 Å². The van der Waals surface area contributed by atoms with Crippen LogP contribution in [0.25, 0.3) is 0 Å². The molecule has 0 radical (unpaired) electrons. The van der Waals surface area contributed by atoms with Crippen LogP contribution in [-0.2, 0) is 11.2 Å². The van der Waals surface area contributed by atoms with Crippen LogP contribution in [0.15, 0.2) is 29.2 Å². The van der Waals surface area contributed by atoms with Crippen molar-refractivity contribution in [1.29, 1.82) is 0 Å². The maximum Gasteiger partial charge on any atom is 0.139 e. The Balaban J connectivity index is 2.64. The summed E-state index contributed by atoms with van der Waals surface area (Å²) in [5, 5.41) is 0. The smallest absolute Gasteiger partial charge is 0.139 e. The van der Waals surface area contributed by atoms with E-state index < -0.39 is 0 Å². The third-order valence-electron chi connectivity index (χ3n) is 2.18. The van der Waals surface area contributed by atoms with Crippen molar-refractivity contribution >= 4 is 17.5 Å². The molecule has 0 fully saturated rings. The van der Waals surface area contributed by atoms with Gasteiger partial charge in [-0.3, -0.25) is 4.79 Å². The second-order valence-electron chi connectivity index (χ2n) is 3.65. The molecule has 0 bridgehead atoms. The van der Waals surface area contributed by atoms with Crippen LogP contribution in [0.5, 0.6) is 0 Å². The zero-order valence-corrected chi connectivity index (χ0v) is 9.73. The predicted molar refractivity (Wildman–Crippen MR) is 61.8 cm³/mol. The molecule has 0 aliphatic rings. The van der Waals surface area contributed by atoms with Gasteiger partial charge in [0.15, 0.2) is 0 Å². The first-order chi connectivity index (χ1) is 6.63. The van der Waals surface area contributed by atoms with Gasteiger partial charge in [-0.05, 0) is 24.0 Å². The highest BCUT2D eigenvalue weighted by Gasteiger charge is 2.07. The van der Waals surface area contributed by atoms with Crippen molar-refractivity contribution in [1.82, 2.24) is 0 Å². The van der Waals surface area contributed by atoms with Gasteiger partial charge >= 0.3 is 0 Å². The van der Waals surface area contributed by atoms with Crippen LogP contribution in [0.4, 0.5) is 0 Å². The van der Waals surface area contributed by atoms with E-state index in [1.165, 1.54) is 4.90 Å². The van der Waals surface area contributed by atoms with Crippen LogP contribution in [-0.4, -0.2) is 12.0 Å². The first-order valence-electron chi connectivity index (χ1n) is 4.79. The van der Waals surface area contributed by atoms with Crippen LogP contribution in [0.1, 0.15) is 19.4 Å². The molecule has 0 saturated heterocycles. The molecular weight excluding hydrogens is 192 g/mol. The summed E-state index contributed by atoms with van der Waals surface area (Å²) in [6.45, 7) is 3.89. The Morgan fingerprint density at radius 3 is 2.29 bits per heavy atom. The molecule has 1 rings (SSSR count). The van der Waals surface area contributed by atoms with Crippen LogP contribution < -0.4 is 0 Å². The van der Waals surface area contributed by atoms with E-state index in [2.05, 4.69) is 12.1 Å². The highest BCUT2D eigenvalue weighted by atomic mass is 32.2. The Morgan fingerprint density at radius 1 is 1.29 bits per heavy atom. The van der Waals surface area contributed by atoms with Gasteiger partial charge < -0.3 is 0 Å². The van der Waals surface area contributed by atoms with Crippen LogP contribution in [0.2, 0.25) is 0 Å². The highest BCUT2D eigenvalue weighted by molar-refractivity contribution is 7.98. The lowest BCUT2D eigenvalue weighted by atomic mass is 10.0. The molecule has 1 aromatic carbocycles. The van der Waals surface area contributed by atoms with Gasteiger partial charge in [0.05, 0.1) is 0 Å². The number of benzene rings is 1. The van der Waals surface area contributed by atoms with Crippen LogP contribution in [0.3, 0.4) is 0 Å². The van der Waals surface area contributed by atoms with Crippen LogP contribution >= 0.6 is 11.8 Å². The van der Waals surface area contributed by atoms with Crippen molar-refractivity contribution in [3.8, 4) is 0 Å². The highest BCUT2D eigenvalue weighted by Crippen LogP contribution is 2.15. The van der Waals surface area contributed by atoms with Gasteiger partial charge in [-0.15, -0.1) is 11.8 Å². The van der Waals surface area contributed by atoms with E-state index in [1.807, 2.05) is 32.2 Å². The van der Waals surface area contributed by atoms with Gasteiger partial charge in [0, 0.05) is 17.2 Å². The Hall–Kier alpha value is -0.760. The molecule has 14 heavy (non-hydrogen) atoms. The lowest BCUT2D eigenvalue weighted by Gasteiger charge is -2.04. The number of thioether (sulfide) groups is 1. The Kier molecular flexibility index (Phi) is 4.21. The Morgan fingerprint density at radius 2 is 1.86 bits per heavy atom. The molecule has 0 heterocycles. The SMILES string of the molecule is CSc1ccc(CC(=O)C(C)C)cc1. The number of ketones is 1. The normalized spacial score (nSPS) is 10.6. The first-order valence-corrected chi connectivity index (χ1v) is 6.01. The molecule has 0 unspecified atom stereocenters. The molecule has 1 nitrogen and oxygen atoms in total. The van der Waals surface area contributed by atoms with Crippen molar-refractivity contribution in [3.05, 3.63) is 29.8 Å². The molecule has 0 aliphatic carbocycles. The predicted octanol–water partition coefficient (Wildman–Crippen LogP) is 3.18. The van der Waals surface area contributed by atoms with E-state index in [0.717, 1.165) is 5.56 Å². The van der Waals surface area contributed by atoms with Crippen LogP contribution in [0, 0.1) is 5.92 Å². The number of hydrogen-bond donors (Lipinski definition) is 0.